The molecular formula is C10H19N3O2. The Labute approximate surface area is 90.1 Å². The van der Waals surface area contributed by atoms with Crippen molar-refractivity contribution >= 4 is 11.9 Å². The van der Waals surface area contributed by atoms with Crippen LogP contribution in [-0.2, 0) is 9.53 Å². The number of ether oxygens (including phenoxy) is 1. The fourth-order valence-electron chi connectivity index (χ4n) is 1.69. The maximum absolute atomic E-state index is 10.8. The first kappa shape index (κ1) is 11.8. The molecule has 0 aromatic rings. The number of nitrogens with two attached hydrogens (primary N) is 1. The van der Waals surface area contributed by atoms with Crippen molar-refractivity contribution < 1.29 is 9.53 Å². The Hall–Kier alpha value is -1.26. The summed E-state index contributed by atoms with van der Waals surface area (Å²) < 4.78 is 4.50. The molecule has 1 saturated carbocycles. The lowest BCUT2D eigenvalue weighted by molar-refractivity contribution is -0.140. The standard InChI is InChI=1S/C10H19N3O2/c1-15-9(14)6-7-12-10(11)13-8-4-2-3-5-8/h8H,2-7H2,1H3,(H3,11,12,13). The average Bonchev–Trinajstić information content (AvgIpc) is 2.70. The number of hydrogen-bond donors (Lipinski definition) is 2. The van der Waals surface area contributed by atoms with Gasteiger partial charge in [0, 0.05) is 6.04 Å². The molecule has 0 bridgehead atoms. The van der Waals surface area contributed by atoms with Crippen LogP contribution in [0.15, 0.2) is 4.99 Å². The largest absolute Gasteiger partial charge is 0.469 e. The van der Waals surface area contributed by atoms with Gasteiger partial charge < -0.3 is 15.8 Å². The van der Waals surface area contributed by atoms with Gasteiger partial charge >= 0.3 is 5.97 Å². The molecule has 0 aromatic carbocycles. The third-order valence-electron chi connectivity index (χ3n) is 2.53. The number of esters is 1. The quantitative estimate of drug-likeness (QED) is 0.402. The van der Waals surface area contributed by atoms with Crippen LogP contribution in [0.4, 0.5) is 0 Å². The van der Waals surface area contributed by atoms with Crippen molar-refractivity contribution in [2.45, 2.75) is 38.1 Å². The number of carbonyl (C=O) groups is 1. The molecule has 5 heteroatoms. The van der Waals surface area contributed by atoms with Crippen molar-refractivity contribution in [3.8, 4) is 0 Å². The van der Waals surface area contributed by atoms with E-state index in [1.54, 1.807) is 0 Å². The monoisotopic (exact) mass is 213 g/mol. The predicted molar refractivity (Wildman–Crippen MR) is 58.5 cm³/mol. The molecule has 0 unspecified atom stereocenters. The van der Waals surface area contributed by atoms with Crippen LogP contribution >= 0.6 is 0 Å². The van der Waals surface area contributed by atoms with Gasteiger partial charge in [-0.1, -0.05) is 12.8 Å². The minimum atomic E-state index is -0.257. The van der Waals surface area contributed by atoms with Gasteiger partial charge in [0.05, 0.1) is 20.1 Å². The van der Waals surface area contributed by atoms with Crippen LogP contribution in [0.1, 0.15) is 32.1 Å². The Balaban J connectivity index is 2.17. The highest BCUT2D eigenvalue weighted by Crippen LogP contribution is 2.17. The zero-order chi connectivity index (χ0) is 11.1. The molecule has 1 aliphatic rings. The number of aliphatic imine (C=N–C) groups is 1. The van der Waals surface area contributed by atoms with Crippen molar-refractivity contribution in [1.82, 2.24) is 5.32 Å². The Kier molecular flexibility index (Phi) is 4.93. The summed E-state index contributed by atoms with van der Waals surface area (Å²) in [5.74, 6) is 0.179. The molecule has 1 rings (SSSR count). The van der Waals surface area contributed by atoms with Gasteiger partial charge in [-0.25, -0.2) is 0 Å². The zero-order valence-corrected chi connectivity index (χ0v) is 9.16. The molecule has 0 amide bonds. The van der Waals surface area contributed by atoms with Gasteiger partial charge in [0.1, 0.15) is 0 Å². The van der Waals surface area contributed by atoms with Crippen LogP contribution in [-0.4, -0.2) is 31.6 Å². The molecular weight excluding hydrogens is 194 g/mol. The minimum Gasteiger partial charge on any atom is -0.469 e. The second kappa shape index (κ2) is 6.27. The van der Waals surface area contributed by atoms with Crippen molar-refractivity contribution in [3.05, 3.63) is 0 Å². The van der Waals surface area contributed by atoms with Gasteiger partial charge in [-0.2, -0.15) is 0 Å². The molecule has 1 aliphatic carbocycles. The van der Waals surface area contributed by atoms with E-state index in [4.69, 9.17) is 5.73 Å². The molecule has 15 heavy (non-hydrogen) atoms. The molecule has 0 radical (unpaired) electrons. The van der Waals surface area contributed by atoms with E-state index in [1.807, 2.05) is 0 Å². The lowest BCUT2D eigenvalue weighted by Crippen LogP contribution is -2.38. The van der Waals surface area contributed by atoms with E-state index in [0.29, 0.717) is 18.5 Å². The lowest BCUT2D eigenvalue weighted by Gasteiger charge is -2.11. The number of hydrogen-bond acceptors (Lipinski definition) is 3. The Morgan fingerprint density at radius 3 is 2.80 bits per heavy atom. The van der Waals surface area contributed by atoms with Crippen molar-refractivity contribution in [2.75, 3.05) is 13.7 Å². The fraction of sp³-hybridized carbons (Fsp3) is 0.800. The summed E-state index contributed by atoms with van der Waals surface area (Å²) in [5, 5.41) is 3.15. The SMILES string of the molecule is COC(=O)CCN=C(N)NC1CCCC1. The Morgan fingerprint density at radius 1 is 1.53 bits per heavy atom. The smallest absolute Gasteiger partial charge is 0.307 e. The molecule has 0 aromatic heterocycles. The first-order valence-electron chi connectivity index (χ1n) is 5.35. The van der Waals surface area contributed by atoms with Crippen LogP contribution in [0.3, 0.4) is 0 Å². The van der Waals surface area contributed by atoms with Crippen LogP contribution in [0.2, 0.25) is 0 Å². The van der Waals surface area contributed by atoms with Crippen LogP contribution in [0.25, 0.3) is 0 Å². The van der Waals surface area contributed by atoms with Crippen LogP contribution < -0.4 is 11.1 Å². The normalized spacial score (nSPS) is 17.8. The van der Waals surface area contributed by atoms with Gasteiger partial charge in [-0.3, -0.25) is 9.79 Å². The Morgan fingerprint density at radius 2 is 2.20 bits per heavy atom. The van der Waals surface area contributed by atoms with E-state index < -0.39 is 0 Å². The summed E-state index contributed by atoms with van der Waals surface area (Å²) in [6, 6.07) is 0.465. The number of guanidine groups is 1. The molecule has 0 atom stereocenters. The van der Waals surface area contributed by atoms with E-state index in [0.717, 1.165) is 12.8 Å². The third kappa shape index (κ3) is 4.67. The zero-order valence-electron chi connectivity index (χ0n) is 9.16. The highest BCUT2D eigenvalue weighted by atomic mass is 16.5. The highest BCUT2D eigenvalue weighted by molar-refractivity contribution is 5.78. The van der Waals surface area contributed by atoms with E-state index in [1.165, 1.54) is 20.0 Å². The third-order valence-corrected chi connectivity index (χ3v) is 2.53. The minimum absolute atomic E-state index is 0.257. The molecule has 0 saturated heterocycles. The van der Waals surface area contributed by atoms with Gasteiger partial charge in [-0.05, 0) is 12.8 Å². The second-order valence-corrected chi connectivity index (χ2v) is 3.72. The number of nitrogens with zero attached hydrogens (tertiary/aromatic N) is 1. The topological polar surface area (TPSA) is 76.7 Å². The van der Waals surface area contributed by atoms with Gasteiger partial charge in [0.15, 0.2) is 5.96 Å². The van der Waals surface area contributed by atoms with Crippen molar-refractivity contribution in [2.24, 2.45) is 10.7 Å². The number of carbonyl (C=O) groups excluding carboxylic acids is 1. The number of nitrogens with one attached hydrogen (secondary N) is 1. The number of rotatable bonds is 4. The molecule has 86 valence electrons. The lowest BCUT2D eigenvalue weighted by atomic mass is 10.2. The summed E-state index contributed by atoms with van der Waals surface area (Å²) in [5.41, 5.74) is 5.67. The average molecular weight is 213 g/mol. The molecule has 1 fully saturated rings. The second-order valence-electron chi connectivity index (χ2n) is 3.72. The van der Waals surface area contributed by atoms with Crippen LogP contribution in [0.5, 0.6) is 0 Å². The Bertz CT molecular complexity index is 235. The van der Waals surface area contributed by atoms with E-state index in [9.17, 15) is 4.79 Å². The fourth-order valence-corrected chi connectivity index (χ4v) is 1.69. The van der Waals surface area contributed by atoms with Gasteiger partial charge in [-0.15, -0.1) is 0 Å². The summed E-state index contributed by atoms with van der Waals surface area (Å²) in [7, 11) is 1.37. The summed E-state index contributed by atoms with van der Waals surface area (Å²) in [6.07, 6.45) is 5.12. The van der Waals surface area contributed by atoms with Crippen molar-refractivity contribution in [3.63, 3.8) is 0 Å². The summed E-state index contributed by atoms with van der Waals surface area (Å²) >= 11 is 0. The highest BCUT2D eigenvalue weighted by Gasteiger charge is 2.14. The van der Waals surface area contributed by atoms with Crippen molar-refractivity contribution in [1.29, 1.82) is 0 Å². The molecule has 0 aliphatic heterocycles. The number of methoxy groups -OCH3 is 1. The van der Waals surface area contributed by atoms with Gasteiger partial charge in [0.2, 0.25) is 0 Å². The maximum atomic E-state index is 10.8. The summed E-state index contributed by atoms with van der Waals surface area (Å²) in [6.45, 7) is 0.387. The van der Waals surface area contributed by atoms with E-state index in [-0.39, 0.29) is 12.4 Å². The van der Waals surface area contributed by atoms with E-state index in [2.05, 4.69) is 15.0 Å². The maximum Gasteiger partial charge on any atom is 0.307 e. The predicted octanol–water partition coefficient (Wildman–Crippen LogP) is 0.396. The first-order valence-corrected chi connectivity index (χ1v) is 5.35. The molecule has 5 nitrogen and oxygen atoms in total. The van der Waals surface area contributed by atoms with Gasteiger partial charge in [0.25, 0.3) is 0 Å². The van der Waals surface area contributed by atoms with Crippen LogP contribution in [0, 0.1) is 0 Å². The first-order chi connectivity index (χ1) is 7.22. The summed E-state index contributed by atoms with van der Waals surface area (Å²) in [4.78, 5) is 14.8. The molecule has 0 spiro atoms. The molecule has 3 N–H and O–H groups in total. The van der Waals surface area contributed by atoms with E-state index >= 15 is 0 Å². The molecule has 0 heterocycles.